The van der Waals surface area contributed by atoms with Gasteiger partial charge in [-0.05, 0) is 12.6 Å². The molecule has 17 heavy (non-hydrogen) atoms. The fraction of sp³-hybridized carbons (Fsp3) is 0.462. The molecule has 0 saturated carbocycles. The van der Waals surface area contributed by atoms with Crippen LogP contribution in [-0.2, 0) is 4.79 Å². The molecule has 92 valence electrons. The van der Waals surface area contributed by atoms with Crippen LogP contribution in [0.3, 0.4) is 0 Å². The standard InChI is InChI=1S/C13H18N2O2/c1-14-7-9-15(10-8-14)13(17)12(16)11-5-3-2-4-6-11/h2-6,12,16H,7-10H2,1H3/t12-/m1/s1. The van der Waals surface area contributed by atoms with Crippen LogP contribution in [-0.4, -0.2) is 54.0 Å². The normalized spacial score (nSPS) is 19.1. The number of hydrogen-bond acceptors (Lipinski definition) is 3. The number of carbonyl (C=O) groups excluding carboxylic acids is 1. The van der Waals surface area contributed by atoms with Crippen molar-refractivity contribution in [2.45, 2.75) is 6.10 Å². The Morgan fingerprint density at radius 1 is 1.18 bits per heavy atom. The van der Waals surface area contributed by atoms with E-state index in [-0.39, 0.29) is 5.91 Å². The third-order valence-electron chi connectivity index (χ3n) is 3.16. The van der Waals surface area contributed by atoms with Gasteiger partial charge in [-0.15, -0.1) is 0 Å². The summed E-state index contributed by atoms with van der Waals surface area (Å²) in [4.78, 5) is 16.0. The number of hydrogen-bond donors (Lipinski definition) is 1. The van der Waals surface area contributed by atoms with Gasteiger partial charge in [-0.1, -0.05) is 30.3 Å². The van der Waals surface area contributed by atoms with Gasteiger partial charge >= 0.3 is 0 Å². The minimum Gasteiger partial charge on any atom is -0.378 e. The summed E-state index contributed by atoms with van der Waals surface area (Å²) in [5.74, 6) is -0.190. The molecule has 1 N–H and O–H groups in total. The number of benzene rings is 1. The summed E-state index contributed by atoms with van der Waals surface area (Å²) in [5, 5.41) is 10.0. The van der Waals surface area contributed by atoms with Crippen LogP contribution in [0.4, 0.5) is 0 Å². The summed E-state index contributed by atoms with van der Waals surface area (Å²) in [7, 11) is 2.04. The second-order valence-corrected chi connectivity index (χ2v) is 4.44. The largest absolute Gasteiger partial charge is 0.378 e. The van der Waals surface area contributed by atoms with Gasteiger partial charge in [0, 0.05) is 26.2 Å². The first-order valence-electron chi connectivity index (χ1n) is 5.89. The van der Waals surface area contributed by atoms with E-state index in [1.165, 1.54) is 0 Å². The molecule has 1 aromatic rings. The number of amides is 1. The summed E-state index contributed by atoms with van der Waals surface area (Å²) in [6.45, 7) is 3.12. The maximum atomic E-state index is 12.1. The highest BCUT2D eigenvalue weighted by atomic mass is 16.3. The Morgan fingerprint density at radius 3 is 2.35 bits per heavy atom. The third kappa shape index (κ3) is 2.84. The maximum absolute atomic E-state index is 12.1. The van der Waals surface area contributed by atoms with Gasteiger partial charge in [0.2, 0.25) is 0 Å². The zero-order valence-electron chi connectivity index (χ0n) is 10.0. The topological polar surface area (TPSA) is 43.8 Å². The lowest BCUT2D eigenvalue weighted by Crippen LogP contribution is -2.48. The average Bonchev–Trinajstić information content (AvgIpc) is 2.39. The minimum absolute atomic E-state index is 0.190. The second kappa shape index (κ2) is 5.29. The molecular formula is C13H18N2O2. The van der Waals surface area contributed by atoms with Gasteiger partial charge in [0.15, 0.2) is 6.10 Å². The van der Waals surface area contributed by atoms with E-state index in [9.17, 15) is 9.90 Å². The predicted octanol–water partition coefficient (Wildman–Crippen LogP) is 0.494. The number of nitrogens with zero attached hydrogens (tertiary/aromatic N) is 2. The summed E-state index contributed by atoms with van der Waals surface area (Å²) in [6.07, 6.45) is -1.03. The van der Waals surface area contributed by atoms with Crippen molar-refractivity contribution >= 4 is 5.91 Å². The van der Waals surface area contributed by atoms with Crippen LogP contribution in [0.25, 0.3) is 0 Å². The van der Waals surface area contributed by atoms with E-state index in [2.05, 4.69) is 4.90 Å². The number of aliphatic hydroxyl groups excluding tert-OH is 1. The van der Waals surface area contributed by atoms with E-state index < -0.39 is 6.10 Å². The quantitative estimate of drug-likeness (QED) is 0.810. The smallest absolute Gasteiger partial charge is 0.256 e. The van der Waals surface area contributed by atoms with Crippen LogP contribution in [0.1, 0.15) is 11.7 Å². The molecule has 0 radical (unpaired) electrons. The van der Waals surface area contributed by atoms with Gasteiger partial charge in [0.05, 0.1) is 0 Å². The molecule has 1 amide bonds. The Kier molecular flexibility index (Phi) is 3.76. The Hall–Kier alpha value is -1.39. The van der Waals surface area contributed by atoms with Gasteiger partial charge in [-0.25, -0.2) is 0 Å². The Balaban J connectivity index is 2.00. The lowest BCUT2D eigenvalue weighted by atomic mass is 10.1. The molecular weight excluding hydrogens is 216 g/mol. The molecule has 0 unspecified atom stereocenters. The van der Waals surface area contributed by atoms with Crippen molar-refractivity contribution in [2.75, 3.05) is 33.2 Å². The molecule has 4 heteroatoms. The van der Waals surface area contributed by atoms with E-state index in [0.717, 1.165) is 13.1 Å². The second-order valence-electron chi connectivity index (χ2n) is 4.44. The number of rotatable bonds is 2. The van der Waals surface area contributed by atoms with E-state index in [1.54, 1.807) is 17.0 Å². The van der Waals surface area contributed by atoms with Gasteiger partial charge in [-0.3, -0.25) is 4.79 Å². The maximum Gasteiger partial charge on any atom is 0.256 e. The average molecular weight is 234 g/mol. The number of carbonyl (C=O) groups is 1. The molecule has 4 nitrogen and oxygen atoms in total. The summed E-state index contributed by atoms with van der Waals surface area (Å²) < 4.78 is 0. The molecule has 0 spiro atoms. The monoisotopic (exact) mass is 234 g/mol. The van der Waals surface area contributed by atoms with Crippen LogP contribution >= 0.6 is 0 Å². The lowest BCUT2D eigenvalue weighted by molar-refractivity contribution is -0.142. The van der Waals surface area contributed by atoms with Crippen molar-refractivity contribution in [1.29, 1.82) is 0 Å². The third-order valence-corrected chi connectivity index (χ3v) is 3.16. The minimum atomic E-state index is -1.03. The highest BCUT2D eigenvalue weighted by molar-refractivity contribution is 5.82. The molecule has 1 aliphatic rings. The molecule has 0 aromatic heterocycles. The molecule has 1 fully saturated rings. The summed E-state index contributed by atoms with van der Waals surface area (Å²) in [6, 6.07) is 9.08. The first-order chi connectivity index (χ1) is 8.18. The number of likely N-dealkylation sites (N-methyl/N-ethyl adjacent to an activating group) is 1. The van der Waals surface area contributed by atoms with Gasteiger partial charge in [0.1, 0.15) is 0 Å². The zero-order valence-corrected chi connectivity index (χ0v) is 10.0. The molecule has 0 aliphatic carbocycles. The predicted molar refractivity (Wildman–Crippen MR) is 65.5 cm³/mol. The summed E-state index contributed by atoms with van der Waals surface area (Å²) >= 11 is 0. The van der Waals surface area contributed by atoms with Crippen LogP contribution in [0.15, 0.2) is 30.3 Å². The van der Waals surface area contributed by atoms with Crippen LogP contribution in [0.2, 0.25) is 0 Å². The van der Waals surface area contributed by atoms with E-state index >= 15 is 0 Å². The zero-order chi connectivity index (χ0) is 12.3. The molecule has 1 aromatic carbocycles. The Bertz CT molecular complexity index is 372. The van der Waals surface area contributed by atoms with E-state index in [1.807, 2.05) is 25.2 Å². The summed E-state index contributed by atoms with van der Waals surface area (Å²) in [5.41, 5.74) is 0.663. The highest BCUT2D eigenvalue weighted by Gasteiger charge is 2.25. The number of aliphatic hydroxyl groups is 1. The highest BCUT2D eigenvalue weighted by Crippen LogP contribution is 2.16. The molecule has 1 atom stereocenters. The van der Waals surface area contributed by atoms with E-state index in [0.29, 0.717) is 18.7 Å². The van der Waals surface area contributed by atoms with Crippen molar-refractivity contribution in [3.63, 3.8) is 0 Å². The number of piperazine rings is 1. The molecule has 1 heterocycles. The molecule has 1 saturated heterocycles. The van der Waals surface area contributed by atoms with Crippen LogP contribution < -0.4 is 0 Å². The van der Waals surface area contributed by atoms with Crippen molar-refractivity contribution < 1.29 is 9.90 Å². The SMILES string of the molecule is CN1CCN(C(=O)[C@H](O)c2ccccc2)CC1. The molecule has 2 rings (SSSR count). The van der Waals surface area contributed by atoms with Crippen molar-refractivity contribution in [2.24, 2.45) is 0 Å². The van der Waals surface area contributed by atoms with Crippen LogP contribution in [0, 0.1) is 0 Å². The lowest BCUT2D eigenvalue weighted by Gasteiger charge is -2.33. The van der Waals surface area contributed by atoms with Gasteiger partial charge < -0.3 is 14.9 Å². The van der Waals surface area contributed by atoms with Gasteiger partial charge in [-0.2, -0.15) is 0 Å². The first kappa shape index (κ1) is 12.1. The Labute approximate surface area is 101 Å². The molecule has 1 aliphatic heterocycles. The van der Waals surface area contributed by atoms with Crippen molar-refractivity contribution in [3.05, 3.63) is 35.9 Å². The fourth-order valence-corrected chi connectivity index (χ4v) is 1.98. The van der Waals surface area contributed by atoms with Crippen molar-refractivity contribution in [3.8, 4) is 0 Å². The van der Waals surface area contributed by atoms with E-state index in [4.69, 9.17) is 0 Å². The Morgan fingerprint density at radius 2 is 1.76 bits per heavy atom. The van der Waals surface area contributed by atoms with Crippen LogP contribution in [0.5, 0.6) is 0 Å². The molecule has 0 bridgehead atoms. The fourth-order valence-electron chi connectivity index (χ4n) is 1.98. The van der Waals surface area contributed by atoms with Crippen molar-refractivity contribution in [1.82, 2.24) is 9.80 Å². The first-order valence-corrected chi connectivity index (χ1v) is 5.89. The van der Waals surface area contributed by atoms with Gasteiger partial charge in [0.25, 0.3) is 5.91 Å².